The molecule has 3 heteroatoms. The molecule has 0 heterocycles. The Morgan fingerprint density at radius 3 is 2.78 bits per heavy atom. The first-order chi connectivity index (χ1) is 4.31. The van der Waals surface area contributed by atoms with Crippen LogP contribution in [0.1, 0.15) is 20.3 Å². The summed E-state index contributed by atoms with van der Waals surface area (Å²) >= 11 is 0. The second kappa shape index (κ2) is 5.28. The number of aliphatic imine (C=N–C) groups is 1. The van der Waals surface area contributed by atoms with E-state index in [9.17, 15) is 0 Å². The normalized spacial score (nSPS) is 12.6. The second-order valence-electron chi connectivity index (χ2n) is 1.69. The van der Waals surface area contributed by atoms with Gasteiger partial charge < -0.3 is 5.43 Å². The summed E-state index contributed by atoms with van der Waals surface area (Å²) in [7, 11) is 1.74. The van der Waals surface area contributed by atoms with Crippen molar-refractivity contribution >= 4 is 12.1 Å². The van der Waals surface area contributed by atoms with Crippen molar-refractivity contribution in [3.63, 3.8) is 0 Å². The number of hydrazone groups is 1. The third-order valence-electron chi connectivity index (χ3n) is 0.977. The Hall–Kier alpha value is -0.860. The van der Waals surface area contributed by atoms with Gasteiger partial charge >= 0.3 is 0 Å². The summed E-state index contributed by atoms with van der Waals surface area (Å²) in [6.07, 6.45) is 2.49. The van der Waals surface area contributed by atoms with Crippen LogP contribution in [0, 0.1) is 0 Å². The SMILES string of the molecule is CCC(C)=N/C=N\NC. The summed E-state index contributed by atoms with van der Waals surface area (Å²) in [5.74, 6) is 0. The lowest BCUT2D eigenvalue weighted by atomic mass is 10.3. The van der Waals surface area contributed by atoms with E-state index in [4.69, 9.17) is 0 Å². The molecule has 0 radical (unpaired) electrons. The molecule has 0 bridgehead atoms. The lowest BCUT2D eigenvalue weighted by Crippen LogP contribution is -1.94. The quantitative estimate of drug-likeness (QED) is 0.343. The number of hydrogen-bond acceptors (Lipinski definition) is 2. The highest BCUT2D eigenvalue weighted by molar-refractivity contribution is 5.88. The van der Waals surface area contributed by atoms with Crippen molar-refractivity contribution in [2.24, 2.45) is 10.1 Å². The predicted octanol–water partition coefficient (Wildman–Crippen LogP) is 1.02. The van der Waals surface area contributed by atoms with E-state index in [-0.39, 0.29) is 0 Å². The van der Waals surface area contributed by atoms with Gasteiger partial charge in [-0.2, -0.15) is 5.10 Å². The van der Waals surface area contributed by atoms with Crippen LogP contribution in [0.3, 0.4) is 0 Å². The predicted molar refractivity (Wildman–Crippen MR) is 41.0 cm³/mol. The number of nitrogens with zero attached hydrogens (tertiary/aromatic N) is 2. The molecule has 0 aromatic rings. The zero-order valence-electron chi connectivity index (χ0n) is 6.18. The van der Waals surface area contributed by atoms with Gasteiger partial charge in [0.15, 0.2) is 0 Å². The lowest BCUT2D eigenvalue weighted by Gasteiger charge is -1.87. The van der Waals surface area contributed by atoms with Crippen molar-refractivity contribution in [1.82, 2.24) is 5.43 Å². The van der Waals surface area contributed by atoms with E-state index < -0.39 is 0 Å². The van der Waals surface area contributed by atoms with Crippen LogP contribution < -0.4 is 5.43 Å². The van der Waals surface area contributed by atoms with Gasteiger partial charge in [-0.05, 0) is 13.3 Å². The third-order valence-corrected chi connectivity index (χ3v) is 0.977. The average Bonchev–Trinajstić information content (AvgIpc) is 1.89. The fraction of sp³-hybridized carbons (Fsp3) is 0.667. The smallest absolute Gasteiger partial charge is 0.135 e. The number of rotatable bonds is 3. The van der Waals surface area contributed by atoms with Gasteiger partial charge in [-0.25, -0.2) is 4.99 Å². The van der Waals surface area contributed by atoms with Crippen LogP contribution in [0.2, 0.25) is 0 Å². The van der Waals surface area contributed by atoms with Crippen LogP contribution in [0.4, 0.5) is 0 Å². The van der Waals surface area contributed by atoms with E-state index in [1.807, 2.05) is 6.92 Å². The molecule has 9 heavy (non-hydrogen) atoms. The Bertz CT molecular complexity index is 115. The molecular weight excluding hydrogens is 114 g/mol. The molecule has 0 fully saturated rings. The maximum absolute atomic E-state index is 3.99. The van der Waals surface area contributed by atoms with Crippen molar-refractivity contribution in [3.05, 3.63) is 0 Å². The highest BCUT2D eigenvalue weighted by atomic mass is 15.3. The maximum Gasteiger partial charge on any atom is 0.135 e. The lowest BCUT2D eigenvalue weighted by molar-refractivity contribution is 0.905. The minimum Gasteiger partial charge on any atom is -0.312 e. The minimum atomic E-state index is 0.982. The van der Waals surface area contributed by atoms with E-state index >= 15 is 0 Å². The molecule has 0 aliphatic heterocycles. The molecule has 0 saturated heterocycles. The fourth-order valence-corrected chi connectivity index (χ4v) is 0.276. The maximum atomic E-state index is 3.99. The molecule has 0 rings (SSSR count). The van der Waals surface area contributed by atoms with Gasteiger partial charge in [-0.15, -0.1) is 0 Å². The highest BCUT2D eigenvalue weighted by Crippen LogP contribution is 1.80. The van der Waals surface area contributed by atoms with Crippen LogP contribution in [0.5, 0.6) is 0 Å². The largest absolute Gasteiger partial charge is 0.312 e. The average molecular weight is 127 g/mol. The number of hydrogen-bond donors (Lipinski definition) is 1. The van der Waals surface area contributed by atoms with Gasteiger partial charge in [0.25, 0.3) is 0 Å². The summed E-state index contributed by atoms with van der Waals surface area (Å²) in [5.41, 5.74) is 3.70. The van der Waals surface area contributed by atoms with Crippen molar-refractivity contribution < 1.29 is 0 Å². The fourth-order valence-electron chi connectivity index (χ4n) is 0.276. The van der Waals surface area contributed by atoms with Crippen LogP contribution >= 0.6 is 0 Å². The molecule has 0 aliphatic carbocycles. The molecule has 0 atom stereocenters. The van der Waals surface area contributed by atoms with E-state index in [0.29, 0.717) is 0 Å². The van der Waals surface area contributed by atoms with Crippen molar-refractivity contribution in [2.75, 3.05) is 7.05 Å². The van der Waals surface area contributed by atoms with Crippen molar-refractivity contribution in [2.45, 2.75) is 20.3 Å². The second-order valence-corrected chi connectivity index (χ2v) is 1.69. The summed E-state index contributed by atoms with van der Waals surface area (Å²) in [4.78, 5) is 3.99. The van der Waals surface area contributed by atoms with Crippen LogP contribution in [0.25, 0.3) is 0 Å². The van der Waals surface area contributed by atoms with Gasteiger partial charge in [0.2, 0.25) is 0 Å². The van der Waals surface area contributed by atoms with Gasteiger partial charge in [0.05, 0.1) is 0 Å². The zero-order chi connectivity index (χ0) is 7.11. The number of nitrogens with one attached hydrogen (secondary N) is 1. The van der Waals surface area contributed by atoms with Crippen LogP contribution in [0.15, 0.2) is 10.1 Å². The van der Waals surface area contributed by atoms with E-state index in [2.05, 4.69) is 22.4 Å². The molecular formula is C6H13N3. The van der Waals surface area contributed by atoms with Crippen LogP contribution in [-0.2, 0) is 0 Å². The molecule has 52 valence electrons. The molecule has 1 N–H and O–H groups in total. The van der Waals surface area contributed by atoms with Gasteiger partial charge in [-0.3, -0.25) is 0 Å². The first-order valence-electron chi connectivity index (χ1n) is 3.02. The summed E-state index contributed by atoms with van der Waals surface area (Å²) in [6.45, 7) is 4.04. The Labute approximate surface area is 55.9 Å². The highest BCUT2D eigenvalue weighted by Gasteiger charge is 1.78. The monoisotopic (exact) mass is 127 g/mol. The van der Waals surface area contributed by atoms with Gasteiger partial charge in [0, 0.05) is 12.8 Å². The van der Waals surface area contributed by atoms with Gasteiger partial charge in [0.1, 0.15) is 6.34 Å². The first-order valence-corrected chi connectivity index (χ1v) is 3.02. The zero-order valence-corrected chi connectivity index (χ0v) is 6.18. The summed E-state index contributed by atoms with van der Waals surface area (Å²) in [6, 6.07) is 0. The van der Waals surface area contributed by atoms with Gasteiger partial charge in [-0.1, -0.05) is 6.92 Å². The summed E-state index contributed by atoms with van der Waals surface area (Å²) in [5, 5.41) is 3.70. The standard InChI is InChI=1S/C6H13N3/c1-4-6(2)8-5-9-7-3/h5,7H,4H2,1-3H3/b8-6?,9-5-. The Morgan fingerprint density at radius 1 is 1.67 bits per heavy atom. The minimum absolute atomic E-state index is 0.982. The molecule has 0 aliphatic rings. The van der Waals surface area contributed by atoms with Crippen molar-refractivity contribution in [1.29, 1.82) is 0 Å². The molecule has 0 unspecified atom stereocenters. The van der Waals surface area contributed by atoms with E-state index in [1.165, 1.54) is 6.34 Å². The first kappa shape index (κ1) is 8.14. The Balaban J connectivity index is 3.55. The van der Waals surface area contributed by atoms with E-state index in [0.717, 1.165) is 12.1 Å². The van der Waals surface area contributed by atoms with Crippen LogP contribution in [-0.4, -0.2) is 19.1 Å². The summed E-state index contributed by atoms with van der Waals surface area (Å²) < 4.78 is 0. The third kappa shape index (κ3) is 5.00. The molecule has 0 aromatic carbocycles. The molecule has 0 aromatic heterocycles. The molecule has 0 amide bonds. The Morgan fingerprint density at radius 2 is 2.33 bits per heavy atom. The van der Waals surface area contributed by atoms with Crippen molar-refractivity contribution in [3.8, 4) is 0 Å². The Kier molecular flexibility index (Phi) is 4.78. The molecule has 3 nitrogen and oxygen atoms in total. The molecule has 0 saturated carbocycles. The topological polar surface area (TPSA) is 36.8 Å². The molecule has 0 spiro atoms. The van der Waals surface area contributed by atoms with E-state index in [1.54, 1.807) is 7.05 Å².